The number of hydrogen-bond acceptors (Lipinski definition) is 1. The van der Waals surface area contributed by atoms with E-state index in [0.717, 1.165) is 47.8 Å². The second kappa shape index (κ2) is 5.45. The molecule has 0 aliphatic heterocycles. The fourth-order valence-corrected chi connectivity index (χ4v) is 8.18. The van der Waals surface area contributed by atoms with Crippen LogP contribution >= 0.6 is 0 Å². The van der Waals surface area contributed by atoms with E-state index in [1.54, 1.807) is 5.57 Å². The smallest absolute Gasteiger partial charge is 0.155 e. The highest BCUT2D eigenvalue weighted by atomic mass is 16.1. The van der Waals surface area contributed by atoms with Gasteiger partial charge in [0.1, 0.15) is 0 Å². The fourth-order valence-electron chi connectivity index (χ4n) is 8.18. The van der Waals surface area contributed by atoms with Gasteiger partial charge < -0.3 is 0 Å². The maximum Gasteiger partial charge on any atom is 0.155 e. The number of ketones is 1. The van der Waals surface area contributed by atoms with E-state index in [0.29, 0.717) is 11.2 Å². The van der Waals surface area contributed by atoms with Gasteiger partial charge in [-0.05, 0) is 111 Å². The zero-order valence-corrected chi connectivity index (χ0v) is 15.6. The predicted octanol–water partition coefficient (Wildman–Crippen LogP) is 5.79. The van der Waals surface area contributed by atoms with Gasteiger partial charge in [-0.3, -0.25) is 4.79 Å². The number of hydrogen-bond donors (Lipinski definition) is 0. The summed E-state index contributed by atoms with van der Waals surface area (Å²) >= 11 is 0. The molecule has 24 heavy (non-hydrogen) atoms. The molecule has 1 unspecified atom stereocenters. The lowest BCUT2D eigenvalue weighted by atomic mass is 9.49. The largest absolute Gasteiger partial charge is 0.295 e. The summed E-state index contributed by atoms with van der Waals surface area (Å²) in [6.45, 7) is 5.01. The van der Waals surface area contributed by atoms with Crippen molar-refractivity contribution in [2.75, 3.05) is 0 Å². The van der Waals surface area contributed by atoms with E-state index in [4.69, 9.17) is 0 Å². The van der Waals surface area contributed by atoms with Gasteiger partial charge in [0.2, 0.25) is 0 Å². The summed E-state index contributed by atoms with van der Waals surface area (Å²) in [4.78, 5) is 12.3. The second-order valence-electron chi connectivity index (χ2n) is 9.99. The summed E-state index contributed by atoms with van der Waals surface area (Å²) < 4.78 is 0. The van der Waals surface area contributed by atoms with Crippen molar-refractivity contribution in [2.24, 2.45) is 46.8 Å². The van der Waals surface area contributed by atoms with Crippen molar-refractivity contribution in [2.45, 2.75) is 78.1 Å². The first-order valence-electron chi connectivity index (χ1n) is 10.9. The number of rotatable bonds is 2. The highest BCUT2D eigenvalue weighted by molar-refractivity contribution is 5.91. The molecule has 0 heterocycles. The Hall–Kier alpha value is -0.590. The number of allylic oxidation sites excluding steroid dienone is 1. The predicted molar refractivity (Wildman–Crippen MR) is 97.5 cm³/mol. The Labute approximate surface area is 147 Å². The van der Waals surface area contributed by atoms with E-state index < -0.39 is 0 Å². The van der Waals surface area contributed by atoms with Crippen molar-refractivity contribution in [3.63, 3.8) is 0 Å². The first-order chi connectivity index (χ1) is 11.6. The maximum atomic E-state index is 12.3. The van der Waals surface area contributed by atoms with Gasteiger partial charge in [0.05, 0.1) is 0 Å². The van der Waals surface area contributed by atoms with Gasteiger partial charge in [-0.2, -0.15) is 0 Å². The Morgan fingerprint density at radius 3 is 2.62 bits per heavy atom. The highest BCUT2D eigenvalue weighted by Gasteiger charge is 2.58. The van der Waals surface area contributed by atoms with Crippen LogP contribution in [0.3, 0.4) is 0 Å². The zero-order valence-electron chi connectivity index (χ0n) is 15.6. The van der Waals surface area contributed by atoms with E-state index in [9.17, 15) is 4.79 Å². The van der Waals surface area contributed by atoms with Gasteiger partial charge in [0, 0.05) is 6.42 Å². The molecular formula is C23H34O. The molecule has 0 N–H and O–H groups in total. The topological polar surface area (TPSA) is 17.1 Å². The molecule has 5 aliphatic carbocycles. The van der Waals surface area contributed by atoms with Crippen LogP contribution in [0.25, 0.3) is 0 Å². The maximum absolute atomic E-state index is 12.3. The lowest BCUT2D eigenvalue weighted by Crippen LogP contribution is -2.49. The van der Waals surface area contributed by atoms with Crippen LogP contribution < -0.4 is 0 Å². The Balaban J connectivity index is 1.49. The summed E-state index contributed by atoms with van der Waals surface area (Å²) in [7, 11) is 0. The Kier molecular flexibility index (Phi) is 3.55. The molecule has 0 amide bonds. The minimum Gasteiger partial charge on any atom is -0.295 e. The molecule has 0 aromatic heterocycles. The average molecular weight is 327 g/mol. The molecule has 0 saturated heterocycles. The molecule has 0 radical (unpaired) electrons. The molecule has 4 fully saturated rings. The first kappa shape index (κ1) is 15.6. The monoisotopic (exact) mass is 326 g/mol. The molecule has 0 spiro atoms. The Bertz CT molecular complexity index is 571. The van der Waals surface area contributed by atoms with Gasteiger partial charge in [-0.1, -0.05) is 19.4 Å². The van der Waals surface area contributed by atoms with Crippen molar-refractivity contribution in [3.8, 4) is 0 Å². The highest BCUT2D eigenvalue weighted by Crippen LogP contribution is 2.66. The number of carbonyl (C=O) groups excluding carboxylic acids is 1. The fraction of sp³-hybridized carbons (Fsp3) is 0.870. The molecule has 0 bridgehead atoms. The number of fused-ring (bicyclic) bond motifs is 5. The Morgan fingerprint density at radius 2 is 1.88 bits per heavy atom. The summed E-state index contributed by atoms with van der Waals surface area (Å²) in [6.07, 6.45) is 15.7. The molecule has 0 aromatic rings. The molecule has 5 rings (SSSR count). The standard InChI is InChI=1S/C23H34O/c1-3-23-11-10-19-18(21(23)9-4-14(23)2)8-7-16-12-17(24)13-20(22(16)19)15-5-6-15/h12,14-15,18-22H,3-11,13H2,1-2H3/t14-,18-,19+,20?,21+,22+,23-/m1/s1. The molecule has 0 aromatic carbocycles. The van der Waals surface area contributed by atoms with Crippen LogP contribution in [-0.2, 0) is 4.79 Å². The van der Waals surface area contributed by atoms with Crippen molar-refractivity contribution >= 4 is 5.78 Å². The quantitative estimate of drug-likeness (QED) is 0.627. The van der Waals surface area contributed by atoms with E-state index >= 15 is 0 Å². The van der Waals surface area contributed by atoms with Gasteiger partial charge in [-0.25, -0.2) is 0 Å². The molecule has 7 atom stereocenters. The van der Waals surface area contributed by atoms with E-state index in [2.05, 4.69) is 19.9 Å². The van der Waals surface area contributed by atoms with Gasteiger partial charge in [-0.15, -0.1) is 0 Å². The van der Waals surface area contributed by atoms with Crippen LogP contribution in [0.4, 0.5) is 0 Å². The van der Waals surface area contributed by atoms with E-state index in [-0.39, 0.29) is 0 Å². The van der Waals surface area contributed by atoms with Crippen LogP contribution in [0, 0.1) is 46.8 Å². The Morgan fingerprint density at radius 1 is 1.04 bits per heavy atom. The third-order valence-electron chi connectivity index (χ3n) is 9.43. The summed E-state index contributed by atoms with van der Waals surface area (Å²) in [5.41, 5.74) is 2.25. The molecule has 4 saturated carbocycles. The van der Waals surface area contributed by atoms with Gasteiger partial charge >= 0.3 is 0 Å². The third kappa shape index (κ3) is 2.08. The summed E-state index contributed by atoms with van der Waals surface area (Å²) in [6, 6.07) is 0. The molecule has 5 aliphatic rings. The van der Waals surface area contributed by atoms with E-state index in [1.807, 2.05) is 0 Å². The van der Waals surface area contributed by atoms with Crippen LogP contribution in [0.5, 0.6) is 0 Å². The zero-order chi connectivity index (χ0) is 16.5. The van der Waals surface area contributed by atoms with Crippen LogP contribution in [0.15, 0.2) is 11.6 Å². The summed E-state index contributed by atoms with van der Waals surface area (Å²) in [5.74, 6) is 6.68. The number of carbonyl (C=O) groups is 1. The molecular weight excluding hydrogens is 292 g/mol. The van der Waals surface area contributed by atoms with Crippen molar-refractivity contribution < 1.29 is 4.79 Å². The molecule has 1 heteroatoms. The van der Waals surface area contributed by atoms with E-state index in [1.165, 1.54) is 57.8 Å². The minimum atomic E-state index is 0.449. The average Bonchev–Trinajstić information content (AvgIpc) is 3.37. The van der Waals surface area contributed by atoms with Crippen LogP contribution in [0.2, 0.25) is 0 Å². The van der Waals surface area contributed by atoms with Crippen LogP contribution in [0.1, 0.15) is 78.1 Å². The molecule has 1 nitrogen and oxygen atoms in total. The van der Waals surface area contributed by atoms with Crippen molar-refractivity contribution in [1.82, 2.24) is 0 Å². The van der Waals surface area contributed by atoms with Crippen molar-refractivity contribution in [3.05, 3.63) is 11.6 Å². The lowest BCUT2D eigenvalue weighted by Gasteiger charge is -2.56. The second-order valence-corrected chi connectivity index (χ2v) is 9.99. The third-order valence-corrected chi connectivity index (χ3v) is 9.43. The lowest BCUT2D eigenvalue weighted by molar-refractivity contribution is -0.118. The van der Waals surface area contributed by atoms with Crippen LogP contribution in [-0.4, -0.2) is 5.78 Å². The first-order valence-corrected chi connectivity index (χ1v) is 10.9. The normalized spacial score (nSPS) is 50.8. The minimum absolute atomic E-state index is 0.449. The van der Waals surface area contributed by atoms with Crippen molar-refractivity contribution in [1.29, 1.82) is 0 Å². The SMILES string of the molecule is CC[C@]12CC[C@H]3[C@@H](CCC4=CC(=O)CC(C5CC5)[C@@H]43)[C@@H]1CC[C@H]2C. The van der Waals surface area contributed by atoms with Gasteiger partial charge in [0.25, 0.3) is 0 Å². The molecule has 132 valence electrons. The summed E-state index contributed by atoms with van der Waals surface area (Å²) in [5, 5.41) is 0. The van der Waals surface area contributed by atoms with Gasteiger partial charge in [0.15, 0.2) is 5.78 Å².